The Morgan fingerprint density at radius 3 is 2.53 bits per heavy atom. The van der Waals surface area contributed by atoms with E-state index in [0.717, 1.165) is 0 Å². The van der Waals surface area contributed by atoms with Gasteiger partial charge in [-0.15, -0.1) is 0 Å². The predicted molar refractivity (Wildman–Crippen MR) is 74.5 cm³/mol. The Labute approximate surface area is 121 Å². The summed E-state index contributed by atoms with van der Waals surface area (Å²) in [5, 5.41) is 5.52. The fraction of sp³-hybridized carbons (Fsp3) is 0. The maximum atomic E-state index is 11.6. The van der Waals surface area contributed by atoms with Crippen molar-refractivity contribution in [2.24, 2.45) is 0 Å². The van der Waals surface area contributed by atoms with Gasteiger partial charge >= 0.3 is 0 Å². The summed E-state index contributed by atoms with van der Waals surface area (Å²) in [6.45, 7) is 0. The number of nitrogens with one attached hydrogen (secondary N) is 1. The van der Waals surface area contributed by atoms with Gasteiger partial charge in [0, 0.05) is 5.02 Å². The van der Waals surface area contributed by atoms with Crippen molar-refractivity contribution in [2.45, 2.75) is 0 Å². The van der Waals surface area contributed by atoms with Crippen LogP contribution in [0, 0.1) is 0 Å². The van der Waals surface area contributed by atoms with Crippen molar-refractivity contribution in [3.05, 3.63) is 50.1 Å². The average Bonchev–Trinajstić information content (AvgIpc) is 2.73. The number of aromatic amines is 1. The minimum Gasteiger partial charge on any atom is -0.312 e. The second kappa shape index (κ2) is 4.52. The van der Waals surface area contributed by atoms with Crippen LogP contribution in [0.4, 0.5) is 0 Å². The van der Waals surface area contributed by atoms with Crippen LogP contribution in [0.1, 0.15) is 0 Å². The first-order valence-electron chi connectivity index (χ1n) is 5.14. The van der Waals surface area contributed by atoms with E-state index in [4.69, 9.17) is 34.8 Å². The maximum absolute atomic E-state index is 11.6. The van der Waals surface area contributed by atoms with Crippen molar-refractivity contribution in [3.8, 4) is 5.69 Å². The number of hydrogen-bond acceptors (Lipinski definition) is 3. The molecule has 8 heteroatoms. The molecule has 3 rings (SSSR count). The first kappa shape index (κ1) is 12.5. The lowest BCUT2D eigenvalue weighted by Gasteiger charge is -2.08. The summed E-state index contributed by atoms with van der Waals surface area (Å²) in [7, 11) is 0. The molecule has 0 aliphatic heterocycles. The van der Waals surface area contributed by atoms with E-state index in [2.05, 4.69) is 15.1 Å². The molecule has 0 saturated heterocycles. The van der Waals surface area contributed by atoms with Gasteiger partial charge in [-0.2, -0.15) is 5.10 Å². The van der Waals surface area contributed by atoms with E-state index >= 15 is 0 Å². The Kier molecular flexibility index (Phi) is 2.97. The first-order valence-corrected chi connectivity index (χ1v) is 6.27. The summed E-state index contributed by atoms with van der Waals surface area (Å²) in [5.41, 5.74) is 0.521. The molecule has 1 N–H and O–H groups in total. The van der Waals surface area contributed by atoms with Crippen LogP contribution < -0.4 is 5.56 Å². The monoisotopic (exact) mass is 314 g/mol. The highest BCUT2D eigenvalue weighted by molar-refractivity contribution is 6.40. The Bertz CT molecular complexity index is 816. The molecular formula is C11H5Cl3N4O. The van der Waals surface area contributed by atoms with Crippen molar-refractivity contribution in [1.29, 1.82) is 0 Å². The van der Waals surface area contributed by atoms with E-state index in [0.29, 0.717) is 31.8 Å². The Morgan fingerprint density at radius 2 is 1.84 bits per heavy atom. The van der Waals surface area contributed by atoms with Gasteiger partial charge in [-0.1, -0.05) is 34.8 Å². The first-order chi connectivity index (χ1) is 9.08. The van der Waals surface area contributed by atoms with Crippen molar-refractivity contribution in [2.75, 3.05) is 0 Å². The fourth-order valence-electron chi connectivity index (χ4n) is 1.76. The van der Waals surface area contributed by atoms with Gasteiger partial charge in [0.05, 0.1) is 22.6 Å². The quantitative estimate of drug-likeness (QED) is 0.750. The summed E-state index contributed by atoms with van der Waals surface area (Å²) >= 11 is 18.1. The number of rotatable bonds is 1. The summed E-state index contributed by atoms with van der Waals surface area (Å²) in [5.74, 6) is 0. The molecule has 0 unspecified atom stereocenters. The third-order valence-electron chi connectivity index (χ3n) is 2.56. The van der Waals surface area contributed by atoms with Crippen LogP contribution >= 0.6 is 34.8 Å². The standard InChI is InChI=1S/C11H5Cl3N4O/c12-5-1-7(13)9(8(14)2-5)18-10-6(3-17-18)11(19)16-4-15-10/h1-4H,(H,15,16,19). The van der Waals surface area contributed by atoms with Crippen LogP contribution in [0.5, 0.6) is 0 Å². The van der Waals surface area contributed by atoms with Gasteiger partial charge in [-0.05, 0) is 12.1 Å². The van der Waals surface area contributed by atoms with E-state index in [1.807, 2.05) is 0 Å². The number of benzene rings is 1. The van der Waals surface area contributed by atoms with E-state index in [9.17, 15) is 4.79 Å². The molecule has 0 spiro atoms. The molecule has 3 aromatic rings. The molecule has 0 aliphatic rings. The minimum absolute atomic E-state index is 0.280. The largest absolute Gasteiger partial charge is 0.312 e. The van der Waals surface area contributed by atoms with E-state index < -0.39 is 0 Å². The second-order valence-corrected chi connectivity index (χ2v) is 4.99. The van der Waals surface area contributed by atoms with Gasteiger partial charge in [0.15, 0.2) is 5.65 Å². The third-order valence-corrected chi connectivity index (χ3v) is 3.36. The van der Waals surface area contributed by atoms with Crippen LogP contribution in [0.3, 0.4) is 0 Å². The van der Waals surface area contributed by atoms with Crippen molar-refractivity contribution < 1.29 is 0 Å². The van der Waals surface area contributed by atoms with Gasteiger partial charge < -0.3 is 4.98 Å². The molecule has 0 amide bonds. The van der Waals surface area contributed by atoms with E-state index in [-0.39, 0.29) is 5.56 Å². The number of hydrogen-bond donors (Lipinski definition) is 1. The van der Waals surface area contributed by atoms with Crippen molar-refractivity contribution >= 4 is 45.8 Å². The zero-order valence-corrected chi connectivity index (χ0v) is 11.5. The van der Waals surface area contributed by atoms with Crippen LogP contribution in [-0.4, -0.2) is 19.7 Å². The lowest BCUT2D eigenvalue weighted by atomic mass is 10.3. The minimum atomic E-state index is -0.280. The number of halogens is 3. The molecule has 0 radical (unpaired) electrons. The normalized spacial score (nSPS) is 11.1. The lowest BCUT2D eigenvalue weighted by Crippen LogP contribution is -2.07. The van der Waals surface area contributed by atoms with Crippen LogP contribution in [-0.2, 0) is 0 Å². The summed E-state index contributed by atoms with van der Waals surface area (Å²) < 4.78 is 1.41. The van der Waals surface area contributed by atoms with Gasteiger partial charge in [-0.3, -0.25) is 4.79 Å². The Morgan fingerprint density at radius 1 is 1.16 bits per heavy atom. The maximum Gasteiger partial charge on any atom is 0.261 e. The van der Waals surface area contributed by atoms with Crippen molar-refractivity contribution in [3.63, 3.8) is 0 Å². The molecule has 2 aromatic heterocycles. The zero-order valence-electron chi connectivity index (χ0n) is 9.19. The number of fused-ring (bicyclic) bond motifs is 1. The molecule has 0 aliphatic carbocycles. The fourth-order valence-corrected chi connectivity index (χ4v) is 2.73. The van der Waals surface area contributed by atoms with Gasteiger partial charge in [0.2, 0.25) is 0 Å². The van der Waals surface area contributed by atoms with Gasteiger partial charge in [0.25, 0.3) is 5.56 Å². The second-order valence-electron chi connectivity index (χ2n) is 3.74. The molecule has 0 fully saturated rings. The lowest BCUT2D eigenvalue weighted by molar-refractivity contribution is 0.895. The molecule has 96 valence electrons. The van der Waals surface area contributed by atoms with E-state index in [1.54, 1.807) is 12.1 Å². The summed E-state index contributed by atoms with van der Waals surface area (Å²) in [4.78, 5) is 18.2. The molecular weight excluding hydrogens is 311 g/mol. The summed E-state index contributed by atoms with van der Waals surface area (Å²) in [6.07, 6.45) is 2.70. The van der Waals surface area contributed by atoms with E-state index in [1.165, 1.54) is 17.2 Å². The van der Waals surface area contributed by atoms with Crippen LogP contribution in [0.2, 0.25) is 15.1 Å². The molecule has 0 bridgehead atoms. The molecule has 0 saturated carbocycles. The SMILES string of the molecule is O=c1[nH]cnc2c1cnn2-c1c(Cl)cc(Cl)cc1Cl. The molecule has 5 nitrogen and oxygen atoms in total. The zero-order chi connectivity index (χ0) is 13.6. The highest BCUT2D eigenvalue weighted by Crippen LogP contribution is 2.32. The molecule has 1 aromatic carbocycles. The highest BCUT2D eigenvalue weighted by Gasteiger charge is 2.15. The Balaban J connectivity index is 2.38. The number of nitrogens with zero attached hydrogens (tertiary/aromatic N) is 3. The highest BCUT2D eigenvalue weighted by atomic mass is 35.5. The smallest absolute Gasteiger partial charge is 0.261 e. The Hall–Kier alpha value is -1.56. The van der Waals surface area contributed by atoms with Crippen molar-refractivity contribution in [1.82, 2.24) is 19.7 Å². The molecule has 2 heterocycles. The summed E-state index contributed by atoms with van der Waals surface area (Å²) in [6, 6.07) is 3.09. The topological polar surface area (TPSA) is 63.6 Å². The molecule has 0 atom stereocenters. The molecule has 19 heavy (non-hydrogen) atoms. The number of aromatic nitrogens is 4. The van der Waals surface area contributed by atoms with Crippen LogP contribution in [0.25, 0.3) is 16.7 Å². The van der Waals surface area contributed by atoms with Gasteiger partial charge in [-0.25, -0.2) is 9.67 Å². The predicted octanol–water partition coefficient (Wildman–Crippen LogP) is 3.07. The number of H-pyrrole nitrogens is 1. The third kappa shape index (κ3) is 2.00. The van der Waals surface area contributed by atoms with Gasteiger partial charge in [0.1, 0.15) is 11.1 Å². The van der Waals surface area contributed by atoms with Crippen LogP contribution in [0.15, 0.2) is 29.5 Å². The average molecular weight is 316 g/mol.